The lowest BCUT2D eigenvalue weighted by molar-refractivity contribution is -0.182. The first-order valence-corrected chi connectivity index (χ1v) is 5.77. The number of hydrogen-bond donors (Lipinski definition) is 0. The molecule has 0 aromatic heterocycles. The van der Waals surface area contributed by atoms with Crippen LogP contribution in [0.1, 0.15) is 12.5 Å². The largest absolute Gasteiger partial charge is 0.417 e. The molecular formula is C11H12F3NS. The van der Waals surface area contributed by atoms with Crippen molar-refractivity contribution in [3.05, 3.63) is 29.8 Å². The Morgan fingerprint density at radius 3 is 2.00 bits per heavy atom. The van der Waals surface area contributed by atoms with E-state index in [-0.39, 0.29) is 5.56 Å². The molecule has 88 valence electrons. The zero-order chi connectivity index (χ0) is 12.4. The summed E-state index contributed by atoms with van der Waals surface area (Å²) >= 11 is 1.48. The molecule has 5 heteroatoms. The highest BCUT2D eigenvalue weighted by molar-refractivity contribution is 7.98. The highest BCUT2D eigenvalue weighted by atomic mass is 32.2. The molecule has 0 aliphatic heterocycles. The monoisotopic (exact) mass is 247 g/mol. The van der Waals surface area contributed by atoms with E-state index in [1.54, 1.807) is 12.1 Å². The highest BCUT2D eigenvalue weighted by Gasteiger charge is 2.51. The van der Waals surface area contributed by atoms with E-state index in [1.165, 1.54) is 23.9 Å². The molecule has 1 atom stereocenters. The van der Waals surface area contributed by atoms with Gasteiger partial charge in [0.1, 0.15) is 0 Å². The van der Waals surface area contributed by atoms with Gasteiger partial charge in [-0.3, -0.25) is 4.99 Å². The Bertz CT molecular complexity index is 372. The fraction of sp³-hybridized carbons (Fsp3) is 0.364. The minimum Gasteiger partial charge on any atom is -0.280 e. The molecule has 0 bridgehead atoms. The molecule has 1 aromatic rings. The van der Waals surface area contributed by atoms with E-state index in [2.05, 4.69) is 11.7 Å². The van der Waals surface area contributed by atoms with Crippen LogP contribution in [0.15, 0.2) is 34.2 Å². The summed E-state index contributed by atoms with van der Waals surface area (Å²) in [6.45, 7) is 4.06. The van der Waals surface area contributed by atoms with Gasteiger partial charge in [0.15, 0.2) is 5.54 Å². The van der Waals surface area contributed by atoms with Crippen molar-refractivity contribution >= 4 is 18.5 Å². The summed E-state index contributed by atoms with van der Waals surface area (Å²) in [5.74, 6) is 0. The number of aliphatic imine (C=N–C) groups is 1. The van der Waals surface area contributed by atoms with Gasteiger partial charge in [0.05, 0.1) is 0 Å². The Morgan fingerprint density at radius 2 is 1.69 bits per heavy atom. The van der Waals surface area contributed by atoms with E-state index < -0.39 is 11.7 Å². The summed E-state index contributed by atoms with van der Waals surface area (Å²) in [7, 11) is 0. The third kappa shape index (κ3) is 2.24. The molecule has 0 saturated heterocycles. The van der Waals surface area contributed by atoms with Crippen LogP contribution in [-0.4, -0.2) is 19.1 Å². The van der Waals surface area contributed by atoms with Gasteiger partial charge in [-0.15, -0.1) is 11.8 Å². The van der Waals surface area contributed by atoms with Gasteiger partial charge >= 0.3 is 6.18 Å². The van der Waals surface area contributed by atoms with Crippen LogP contribution in [-0.2, 0) is 5.54 Å². The number of nitrogens with zero attached hydrogens (tertiary/aromatic N) is 1. The van der Waals surface area contributed by atoms with Crippen LogP contribution in [0.25, 0.3) is 0 Å². The lowest BCUT2D eigenvalue weighted by Gasteiger charge is -2.28. The minimum absolute atomic E-state index is 0.104. The zero-order valence-corrected chi connectivity index (χ0v) is 9.82. The first-order chi connectivity index (χ1) is 7.35. The summed E-state index contributed by atoms with van der Waals surface area (Å²) in [5, 5.41) is 0. The van der Waals surface area contributed by atoms with Gasteiger partial charge in [0.25, 0.3) is 0 Å². The average Bonchev–Trinajstić information content (AvgIpc) is 2.26. The predicted molar refractivity (Wildman–Crippen MR) is 61.2 cm³/mol. The maximum Gasteiger partial charge on any atom is 0.417 e. The fourth-order valence-electron chi connectivity index (χ4n) is 1.26. The molecule has 0 radical (unpaired) electrons. The lowest BCUT2D eigenvalue weighted by Crippen LogP contribution is -2.37. The highest BCUT2D eigenvalue weighted by Crippen LogP contribution is 2.41. The number of benzene rings is 1. The van der Waals surface area contributed by atoms with Gasteiger partial charge in [0.2, 0.25) is 0 Å². The molecule has 0 saturated carbocycles. The van der Waals surface area contributed by atoms with Crippen LogP contribution in [0, 0.1) is 0 Å². The van der Waals surface area contributed by atoms with Gasteiger partial charge in [-0.05, 0) is 37.6 Å². The number of halogens is 3. The third-order valence-electron chi connectivity index (χ3n) is 2.52. The first-order valence-electron chi connectivity index (χ1n) is 4.54. The number of rotatable bonds is 3. The molecule has 1 rings (SSSR count). The number of hydrogen-bond acceptors (Lipinski definition) is 2. The molecule has 0 aliphatic carbocycles. The summed E-state index contributed by atoms with van der Waals surface area (Å²) in [6.07, 6.45) is -2.57. The Balaban J connectivity index is 3.18. The second-order valence-electron chi connectivity index (χ2n) is 3.46. The quantitative estimate of drug-likeness (QED) is 0.583. The minimum atomic E-state index is -4.43. The SMILES string of the molecule is C=NC(C)(c1ccc(SC)cc1)C(F)(F)F. The molecule has 0 N–H and O–H groups in total. The van der Waals surface area contributed by atoms with Crippen molar-refractivity contribution in [1.29, 1.82) is 0 Å². The standard InChI is InChI=1S/C11H12F3NS/c1-10(15-2,11(12,13)14)8-4-6-9(16-3)7-5-8/h4-7H,2H2,1,3H3. The third-order valence-corrected chi connectivity index (χ3v) is 3.26. The molecule has 0 heterocycles. The van der Waals surface area contributed by atoms with E-state index in [1.807, 2.05) is 6.26 Å². The van der Waals surface area contributed by atoms with Crippen molar-refractivity contribution in [3.8, 4) is 0 Å². The Labute approximate surface area is 96.8 Å². The van der Waals surface area contributed by atoms with Crippen molar-refractivity contribution in [2.75, 3.05) is 6.26 Å². The van der Waals surface area contributed by atoms with Crippen molar-refractivity contribution < 1.29 is 13.2 Å². The van der Waals surface area contributed by atoms with Gasteiger partial charge in [-0.25, -0.2) is 0 Å². The van der Waals surface area contributed by atoms with Gasteiger partial charge in [-0.1, -0.05) is 12.1 Å². The van der Waals surface area contributed by atoms with Crippen LogP contribution < -0.4 is 0 Å². The van der Waals surface area contributed by atoms with Crippen molar-refractivity contribution in [3.63, 3.8) is 0 Å². The predicted octanol–water partition coefficient (Wildman–Crippen LogP) is 3.89. The summed E-state index contributed by atoms with van der Waals surface area (Å²) in [4.78, 5) is 4.15. The summed E-state index contributed by atoms with van der Waals surface area (Å²) in [5.41, 5.74) is -2.13. The Kier molecular flexibility index (Phi) is 3.68. The van der Waals surface area contributed by atoms with Crippen LogP contribution in [0.2, 0.25) is 0 Å². The van der Waals surface area contributed by atoms with Gasteiger partial charge in [0, 0.05) is 4.90 Å². The van der Waals surface area contributed by atoms with Crippen molar-refractivity contribution in [2.45, 2.75) is 23.5 Å². The van der Waals surface area contributed by atoms with Crippen molar-refractivity contribution in [2.24, 2.45) is 4.99 Å². The Hall–Kier alpha value is -0.970. The molecule has 0 amide bonds. The molecule has 1 nitrogen and oxygen atoms in total. The number of thioether (sulfide) groups is 1. The van der Waals surface area contributed by atoms with E-state index in [4.69, 9.17) is 0 Å². The van der Waals surface area contributed by atoms with E-state index in [0.29, 0.717) is 0 Å². The van der Waals surface area contributed by atoms with Crippen LogP contribution in [0.3, 0.4) is 0 Å². The molecule has 0 aliphatic rings. The van der Waals surface area contributed by atoms with Crippen LogP contribution in [0.5, 0.6) is 0 Å². The van der Waals surface area contributed by atoms with Crippen LogP contribution in [0.4, 0.5) is 13.2 Å². The zero-order valence-electron chi connectivity index (χ0n) is 9.01. The first kappa shape index (κ1) is 13.1. The second-order valence-corrected chi connectivity index (χ2v) is 4.34. The lowest BCUT2D eigenvalue weighted by atomic mass is 9.92. The molecule has 1 unspecified atom stereocenters. The molecular weight excluding hydrogens is 235 g/mol. The van der Waals surface area contributed by atoms with E-state index >= 15 is 0 Å². The topological polar surface area (TPSA) is 12.4 Å². The van der Waals surface area contributed by atoms with Crippen LogP contribution >= 0.6 is 11.8 Å². The normalized spacial score (nSPS) is 15.6. The summed E-state index contributed by atoms with van der Waals surface area (Å²) in [6, 6.07) is 6.17. The molecule has 0 spiro atoms. The molecule has 1 aromatic carbocycles. The molecule has 16 heavy (non-hydrogen) atoms. The number of alkyl halides is 3. The Morgan fingerprint density at radius 1 is 1.19 bits per heavy atom. The van der Waals surface area contributed by atoms with E-state index in [9.17, 15) is 13.2 Å². The maximum atomic E-state index is 12.8. The van der Waals surface area contributed by atoms with E-state index in [0.717, 1.165) is 11.8 Å². The summed E-state index contributed by atoms with van der Waals surface area (Å²) < 4.78 is 38.5. The maximum absolute atomic E-state index is 12.8. The molecule has 0 fully saturated rings. The van der Waals surface area contributed by atoms with Gasteiger partial charge < -0.3 is 0 Å². The van der Waals surface area contributed by atoms with Gasteiger partial charge in [-0.2, -0.15) is 13.2 Å². The average molecular weight is 247 g/mol. The second kappa shape index (κ2) is 4.49. The fourth-order valence-corrected chi connectivity index (χ4v) is 1.67. The smallest absolute Gasteiger partial charge is 0.280 e. The van der Waals surface area contributed by atoms with Crippen molar-refractivity contribution in [1.82, 2.24) is 0 Å².